The molecule has 0 aliphatic rings. The molecule has 96 valence electrons. The van der Waals surface area contributed by atoms with Crippen LogP contribution < -0.4 is 5.32 Å². The molecule has 2 aromatic carbocycles. The second-order valence-corrected chi connectivity index (χ2v) is 5.10. The number of carbonyl (C=O) groups is 1. The number of benzene rings is 2. The van der Waals surface area contributed by atoms with Gasteiger partial charge in [-0.15, -0.1) is 0 Å². The number of rotatable bonds is 4. The number of anilines is 1. The summed E-state index contributed by atoms with van der Waals surface area (Å²) in [6.07, 6.45) is 3.00. The van der Waals surface area contributed by atoms with E-state index in [0.29, 0.717) is 5.56 Å². The van der Waals surface area contributed by atoms with Gasteiger partial charge < -0.3 is 5.32 Å². The first-order valence-corrected chi connectivity index (χ1v) is 6.71. The molecule has 0 saturated carbocycles. The molecular formula is C15H11FINO. The molecule has 4 heteroatoms. The number of allylic oxidation sites excluding steroid dienone is 1. The molecule has 0 spiro atoms. The molecule has 0 bridgehead atoms. The second kappa shape index (κ2) is 6.47. The highest BCUT2D eigenvalue weighted by molar-refractivity contribution is 14.1. The predicted octanol–water partition coefficient (Wildman–Crippen LogP) is 4.24. The zero-order valence-electron chi connectivity index (χ0n) is 9.94. The smallest absolute Gasteiger partial charge is 0.187 e. The highest BCUT2D eigenvalue weighted by atomic mass is 127. The van der Waals surface area contributed by atoms with E-state index in [2.05, 4.69) is 27.9 Å². The van der Waals surface area contributed by atoms with E-state index in [4.69, 9.17) is 0 Å². The summed E-state index contributed by atoms with van der Waals surface area (Å²) < 4.78 is 13.9. The van der Waals surface area contributed by atoms with Crippen molar-refractivity contribution in [3.8, 4) is 0 Å². The van der Waals surface area contributed by atoms with Gasteiger partial charge in [0.15, 0.2) is 5.78 Å². The van der Waals surface area contributed by atoms with Gasteiger partial charge in [-0.05, 0) is 71.1 Å². The van der Waals surface area contributed by atoms with Crippen molar-refractivity contribution in [2.45, 2.75) is 0 Å². The number of hydrogen-bond donors (Lipinski definition) is 1. The van der Waals surface area contributed by atoms with E-state index < -0.39 is 0 Å². The SMILES string of the molecule is O=C(C=CNc1ccc(I)cc1)c1ccc(F)cc1. The summed E-state index contributed by atoms with van der Waals surface area (Å²) in [6, 6.07) is 13.3. The summed E-state index contributed by atoms with van der Waals surface area (Å²) in [5.74, 6) is -0.518. The normalized spacial score (nSPS) is 10.6. The Labute approximate surface area is 124 Å². The third-order valence-electron chi connectivity index (χ3n) is 2.46. The van der Waals surface area contributed by atoms with E-state index in [9.17, 15) is 9.18 Å². The van der Waals surface area contributed by atoms with Crippen molar-refractivity contribution in [2.75, 3.05) is 5.32 Å². The van der Waals surface area contributed by atoms with Crippen LogP contribution in [0.2, 0.25) is 0 Å². The Kier molecular flexibility index (Phi) is 4.68. The first-order valence-electron chi connectivity index (χ1n) is 5.64. The summed E-state index contributed by atoms with van der Waals surface area (Å²) in [7, 11) is 0. The molecule has 0 aliphatic carbocycles. The van der Waals surface area contributed by atoms with Gasteiger partial charge in [0.25, 0.3) is 0 Å². The summed E-state index contributed by atoms with van der Waals surface area (Å²) in [5, 5.41) is 3.01. The average molecular weight is 367 g/mol. The van der Waals surface area contributed by atoms with Gasteiger partial charge in [0.05, 0.1) is 0 Å². The average Bonchev–Trinajstić information content (AvgIpc) is 2.41. The first kappa shape index (κ1) is 13.7. The van der Waals surface area contributed by atoms with E-state index in [0.717, 1.165) is 9.26 Å². The maximum absolute atomic E-state index is 12.7. The molecule has 0 unspecified atom stereocenters. The minimum Gasteiger partial charge on any atom is -0.362 e. The van der Waals surface area contributed by atoms with Crippen LogP contribution in [0.4, 0.5) is 10.1 Å². The monoisotopic (exact) mass is 367 g/mol. The molecule has 2 aromatic rings. The van der Waals surface area contributed by atoms with Crippen LogP contribution in [-0.4, -0.2) is 5.78 Å². The fraction of sp³-hybridized carbons (Fsp3) is 0. The molecule has 0 amide bonds. The number of ketones is 1. The van der Waals surface area contributed by atoms with Gasteiger partial charge in [-0.3, -0.25) is 4.79 Å². The molecule has 0 heterocycles. The lowest BCUT2D eigenvalue weighted by molar-refractivity contribution is 0.104. The van der Waals surface area contributed by atoms with E-state index >= 15 is 0 Å². The number of carbonyl (C=O) groups excluding carboxylic acids is 1. The molecule has 0 radical (unpaired) electrons. The van der Waals surface area contributed by atoms with Crippen molar-refractivity contribution in [3.63, 3.8) is 0 Å². The molecule has 2 rings (SSSR count). The summed E-state index contributed by atoms with van der Waals surface area (Å²) in [4.78, 5) is 11.7. The number of nitrogens with one attached hydrogen (secondary N) is 1. The van der Waals surface area contributed by atoms with Gasteiger partial charge in [-0.25, -0.2) is 4.39 Å². The molecule has 2 nitrogen and oxygen atoms in total. The van der Waals surface area contributed by atoms with Crippen LogP contribution in [0.15, 0.2) is 60.8 Å². The van der Waals surface area contributed by atoms with Crippen molar-refractivity contribution in [3.05, 3.63) is 75.8 Å². The molecule has 0 atom stereocenters. The summed E-state index contributed by atoms with van der Waals surface area (Å²) in [5.41, 5.74) is 1.37. The van der Waals surface area contributed by atoms with Crippen LogP contribution in [0, 0.1) is 9.39 Å². The maximum Gasteiger partial charge on any atom is 0.187 e. The largest absolute Gasteiger partial charge is 0.362 e. The quantitative estimate of drug-likeness (QED) is 0.498. The van der Waals surface area contributed by atoms with Crippen LogP contribution in [0.25, 0.3) is 0 Å². The fourth-order valence-electron chi connectivity index (χ4n) is 1.47. The van der Waals surface area contributed by atoms with Gasteiger partial charge in [0.1, 0.15) is 5.82 Å². The van der Waals surface area contributed by atoms with Gasteiger partial charge in [0, 0.05) is 27.1 Å². The van der Waals surface area contributed by atoms with Crippen molar-refractivity contribution in [2.24, 2.45) is 0 Å². The lowest BCUT2D eigenvalue weighted by Crippen LogP contribution is -1.96. The summed E-state index contributed by atoms with van der Waals surface area (Å²) >= 11 is 2.22. The van der Waals surface area contributed by atoms with E-state index in [1.54, 1.807) is 6.20 Å². The van der Waals surface area contributed by atoms with Crippen LogP contribution in [-0.2, 0) is 0 Å². The van der Waals surface area contributed by atoms with E-state index in [-0.39, 0.29) is 11.6 Å². The van der Waals surface area contributed by atoms with E-state index in [1.807, 2.05) is 24.3 Å². The van der Waals surface area contributed by atoms with Gasteiger partial charge >= 0.3 is 0 Å². The second-order valence-electron chi connectivity index (χ2n) is 3.86. The lowest BCUT2D eigenvalue weighted by atomic mass is 10.1. The molecule has 0 aliphatic heterocycles. The van der Waals surface area contributed by atoms with Crippen molar-refractivity contribution < 1.29 is 9.18 Å². The Morgan fingerprint density at radius 1 is 1.05 bits per heavy atom. The molecule has 19 heavy (non-hydrogen) atoms. The highest BCUT2D eigenvalue weighted by Crippen LogP contribution is 2.11. The van der Waals surface area contributed by atoms with Crippen LogP contribution in [0.1, 0.15) is 10.4 Å². The van der Waals surface area contributed by atoms with Crippen molar-refractivity contribution in [1.82, 2.24) is 0 Å². The van der Waals surface area contributed by atoms with Crippen LogP contribution in [0.5, 0.6) is 0 Å². The Bertz CT molecular complexity index is 591. The zero-order valence-corrected chi connectivity index (χ0v) is 12.1. The number of halogens is 2. The molecular weight excluding hydrogens is 356 g/mol. The minimum absolute atomic E-state index is 0.169. The Hall–Kier alpha value is -1.69. The van der Waals surface area contributed by atoms with E-state index in [1.165, 1.54) is 30.3 Å². The molecule has 0 saturated heterocycles. The van der Waals surface area contributed by atoms with Gasteiger partial charge in [-0.2, -0.15) is 0 Å². The van der Waals surface area contributed by atoms with Crippen molar-refractivity contribution >= 4 is 34.1 Å². The Morgan fingerprint density at radius 2 is 1.68 bits per heavy atom. The van der Waals surface area contributed by atoms with Crippen LogP contribution in [0.3, 0.4) is 0 Å². The topological polar surface area (TPSA) is 29.1 Å². The third-order valence-corrected chi connectivity index (χ3v) is 3.18. The van der Waals surface area contributed by atoms with Gasteiger partial charge in [0.2, 0.25) is 0 Å². The fourth-order valence-corrected chi connectivity index (χ4v) is 1.83. The molecule has 0 fully saturated rings. The predicted molar refractivity (Wildman–Crippen MR) is 82.7 cm³/mol. The first-order chi connectivity index (χ1) is 9.15. The summed E-state index contributed by atoms with van der Waals surface area (Å²) in [6.45, 7) is 0. The maximum atomic E-state index is 12.7. The molecule has 0 aromatic heterocycles. The van der Waals surface area contributed by atoms with Crippen LogP contribution >= 0.6 is 22.6 Å². The zero-order chi connectivity index (χ0) is 13.7. The van der Waals surface area contributed by atoms with Crippen molar-refractivity contribution in [1.29, 1.82) is 0 Å². The lowest BCUT2D eigenvalue weighted by Gasteiger charge is -2.00. The highest BCUT2D eigenvalue weighted by Gasteiger charge is 2.00. The van der Waals surface area contributed by atoms with Gasteiger partial charge in [-0.1, -0.05) is 0 Å². The minimum atomic E-state index is -0.349. The Morgan fingerprint density at radius 3 is 2.32 bits per heavy atom. The standard InChI is InChI=1S/C15H11FINO/c16-12-3-1-11(2-4-12)15(19)9-10-18-14-7-5-13(17)6-8-14/h1-10,18H. The third kappa shape index (κ3) is 4.17. The molecule has 1 N–H and O–H groups in total. The number of hydrogen-bond acceptors (Lipinski definition) is 2. The Balaban J connectivity index is 1.97.